The number of benzene rings is 3. The molecule has 9 heteroatoms. The molecule has 0 bridgehead atoms. The Morgan fingerprint density at radius 3 is 2.42 bits per heavy atom. The van der Waals surface area contributed by atoms with Crippen molar-refractivity contribution in [3.05, 3.63) is 106 Å². The largest absolute Gasteiger partial charge is 0.462 e. The molecule has 3 aromatic rings. The summed E-state index contributed by atoms with van der Waals surface area (Å²) in [6.45, 7) is 2.52. The maximum Gasteiger partial charge on any atom is 0.340 e. The molecule has 3 aromatic carbocycles. The van der Waals surface area contributed by atoms with Crippen LogP contribution in [0.1, 0.15) is 39.6 Å². The molecule has 4 rings (SSSR count). The zero-order valence-corrected chi connectivity index (χ0v) is 21.5. The predicted octanol–water partition coefficient (Wildman–Crippen LogP) is 4.66. The molecule has 0 aromatic heterocycles. The Morgan fingerprint density at radius 1 is 0.921 bits per heavy atom. The van der Waals surface area contributed by atoms with E-state index in [0.717, 1.165) is 10.5 Å². The van der Waals surface area contributed by atoms with E-state index in [1.54, 1.807) is 36.4 Å². The Kier molecular flexibility index (Phi) is 8.55. The van der Waals surface area contributed by atoms with E-state index in [1.807, 2.05) is 37.3 Å². The number of nitrogens with one attached hydrogen (secondary N) is 2. The number of anilines is 2. The summed E-state index contributed by atoms with van der Waals surface area (Å²) >= 11 is 6.27. The Morgan fingerprint density at radius 2 is 1.66 bits per heavy atom. The van der Waals surface area contributed by atoms with Gasteiger partial charge in [0, 0.05) is 17.8 Å². The van der Waals surface area contributed by atoms with E-state index in [2.05, 4.69) is 10.6 Å². The second-order valence-corrected chi connectivity index (χ2v) is 8.86. The summed E-state index contributed by atoms with van der Waals surface area (Å²) in [6, 6.07) is 22.5. The number of imide groups is 1. The number of para-hydroxylation sites is 1. The smallest absolute Gasteiger partial charge is 0.340 e. The molecule has 0 fully saturated rings. The Bertz CT molecular complexity index is 1400. The average Bonchev–Trinajstić information content (AvgIpc) is 3.15. The summed E-state index contributed by atoms with van der Waals surface area (Å²) < 4.78 is 5.20. The van der Waals surface area contributed by atoms with Crippen molar-refractivity contribution in [2.45, 2.75) is 19.8 Å². The van der Waals surface area contributed by atoms with Gasteiger partial charge in [-0.3, -0.25) is 14.4 Å². The van der Waals surface area contributed by atoms with Gasteiger partial charge in [0.1, 0.15) is 10.7 Å². The lowest BCUT2D eigenvalue weighted by Crippen LogP contribution is -2.33. The van der Waals surface area contributed by atoms with Gasteiger partial charge >= 0.3 is 5.97 Å². The average molecular weight is 532 g/mol. The number of ether oxygens (including phenoxy) is 1. The Hall–Kier alpha value is -4.43. The van der Waals surface area contributed by atoms with Gasteiger partial charge in [-0.15, -0.1) is 0 Å². The number of nitrogens with zero attached hydrogens (tertiary/aromatic N) is 1. The number of amides is 3. The molecule has 0 saturated heterocycles. The molecule has 0 saturated carbocycles. The fourth-order valence-corrected chi connectivity index (χ4v) is 4.11. The zero-order valence-electron chi connectivity index (χ0n) is 20.7. The van der Waals surface area contributed by atoms with Crippen molar-refractivity contribution in [3.63, 3.8) is 0 Å². The van der Waals surface area contributed by atoms with Crippen molar-refractivity contribution < 1.29 is 23.9 Å². The number of rotatable bonds is 10. The number of carbonyl (C=O) groups excluding carboxylic acids is 4. The second kappa shape index (κ2) is 12.2. The lowest BCUT2D eigenvalue weighted by Gasteiger charge is -2.18. The predicted molar refractivity (Wildman–Crippen MR) is 145 cm³/mol. The van der Waals surface area contributed by atoms with Crippen molar-refractivity contribution in [3.8, 4) is 0 Å². The van der Waals surface area contributed by atoms with Gasteiger partial charge in [0.15, 0.2) is 0 Å². The molecule has 0 unspecified atom stereocenters. The van der Waals surface area contributed by atoms with Gasteiger partial charge in [0.05, 0.1) is 17.9 Å². The first-order valence-corrected chi connectivity index (χ1v) is 12.5. The summed E-state index contributed by atoms with van der Waals surface area (Å²) in [5.74, 6) is -2.43. The molecule has 1 heterocycles. The van der Waals surface area contributed by atoms with E-state index in [9.17, 15) is 19.2 Å². The van der Waals surface area contributed by atoms with E-state index < -0.39 is 17.8 Å². The Balaban J connectivity index is 1.47. The zero-order chi connectivity index (χ0) is 27.1. The monoisotopic (exact) mass is 531 g/mol. The summed E-state index contributed by atoms with van der Waals surface area (Å²) in [5.41, 5.74) is 1.87. The van der Waals surface area contributed by atoms with Gasteiger partial charge in [-0.2, -0.15) is 0 Å². The maximum atomic E-state index is 13.3. The van der Waals surface area contributed by atoms with Gasteiger partial charge in [-0.1, -0.05) is 67.1 Å². The van der Waals surface area contributed by atoms with E-state index in [1.165, 1.54) is 12.1 Å². The van der Waals surface area contributed by atoms with Crippen LogP contribution in [-0.4, -0.2) is 36.8 Å². The number of hydrogen-bond donors (Lipinski definition) is 2. The van der Waals surface area contributed by atoms with Crippen LogP contribution in [0, 0.1) is 0 Å². The molecule has 1 aliphatic heterocycles. The van der Waals surface area contributed by atoms with Crippen LogP contribution in [0.3, 0.4) is 0 Å². The third-order valence-corrected chi connectivity index (χ3v) is 6.12. The highest BCUT2D eigenvalue weighted by Gasteiger charge is 2.40. The first-order valence-electron chi connectivity index (χ1n) is 12.1. The van der Waals surface area contributed by atoms with Gasteiger partial charge in [-0.05, 0) is 48.7 Å². The van der Waals surface area contributed by atoms with Crippen LogP contribution in [-0.2, 0) is 20.7 Å². The van der Waals surface area contributed by atoms with Gasteiger partial charge in [-0.25, -0.2) is 9.69 Å². The number of halogens is 1. The molecule has 194 valence electrons. The van der Waals surface area contributed by atoms with E-state index in [4.69, 9.17) is 16.3 Å². The van der Waals surface area contributed by atoms with Gasteiger partial charge in [0.25, 0.3) is 17.7 Å². The third-order valence-electron chi connectivity index (χ3n) is 5.77. The van der Waals surface area contributed by atoms with Crippen LogP contribution in [0.15, 0.2) is 89.6 Å². The molecule has 38 heavy (non-hydrogen) atoms. The summed E-state index contributed by atoms with van der Waals surface area (Å²) in [4.78, 5) is 52.3. The number of esters is 1. The number of carbonyl (C=O) groups is 4. The van der Waals surface area contributed by atoms with Crippen LogP contribution in [0.5, 0.6) is 0 Å². The first-order chi connectivity index (χ1) is 18.4. The number of hydrogen-bond acceptors (Lipinski definition) is 6. The molecule has 8 nitrogen and oxygen atoms in total. The van der Waals surface area contributed by atoms with Crippen molar-refractivity contribution in [1.82, 2.24) is 5.32 Å². The minimum absolute atomic E-state index is 0.0718. The molecule has 0 spiro atoms. The lowest BCUT2D eigenvalue weighted by molar-refractivity contribution is -0.120. The highest BCUT2D eigenvalue weighted by molar-refractivity contribution is 6.53. The van der Waals surface area contributed by atoms with Crippen molar-refractivity contribution in [2.24, 2.45) is 0 Å². The van der Waals surface area contributed by atoms with Crippen LogP contribution >= 0.6 is 11.6 Å². The maximum absolute atomic E-state index is 13.3. The van der Waals surface area contributed by atoms with Crippen molar-refractivity contribution in [2.75, 3.05) is 23.4 Å². The van der Waals surface area contributed by atoms with Crippen LogP contribution < -0.4 is 15.5 Å². The standard InChI is InChI=1S/C29H26ClN3O5/c1-2-17-38-29(37)22-13-6-7-14-23(22)33-27(35)24(30)25(28(33)36)32-21-12-8-11-20(18-21)26(34)31-16-15-19-9-4-3-5-10-19/h3-14,18,32H,2,15-17H2,1H3,(H,31,34). The minimum atomic E-state index is -0.773. The lowest BCUT2D eigenvalue weighted by atomic mass is 10.1. The normalized spacial score (nSPS) is 13.1. The minimum Gasteiger partial charge on any atom is -0.462 e. The summed E-state index contributed by atoms with van der Waals surface area (Å²) in [5, 5.41) is 5.42. The molecule has 0 aliphatic carbocycles. The summed E-state index contributed by atoms with van der Waals surface area (Å²) in [7, 11) is 0. The SMILES string of the molecule is CCCOC(=O)c1ccccc1N1C(=O)C(Cl)=C(Nc2cccc(C(=O)NCCc3ccccc3)c2)C1=O. The molecule has 1 aliphatic rings. The first kappa shape index (κ1) is 26.6. The topological polar surface area (TPSA) is 105 Å². The van der Waals surface area contributed by atoms with E-state index >= 15 is 0 Å². The molecule has 3 amide bonds. The second-order valence-electron chi connectivity index (χ2n) is 8.49. The third kappa shape index (κ3) is 5.92. The van der Waals surface area contributed by atoms with Gasteiger partial charge in [0.2, 0.25) is 0 Å². The highest BCUT2D eigenvalue weighted by atomic mass is 35.5. The Labute approximate surface area is 225 Å². The molecular weight excluding hydrogens is 506 g/mol. The highest BCUT2D eigenvalue weighted by Crippen LogP contribution is 2.32. The van der Waals surface area contributed by atoms with Crippen LogP contribution in [0.2, 0.25) is 0 Å². The fourth-order valence-electron chi connectivity index (χ4n) is 3.89. The molecular formula is C29H26ClN3O5. The molecule has 2 N–H and O–H groups in total. The van der Waals surface area contributed by atoms with Crippen LogP contribution in [0.4, 0.5) is 11.4 Å². The fraction of sp³-hybridized carbons (Fsp3) is 0.172. The molecule has 0 radical (unpaired) electrons. The quantitative estimate of drug-likeness (QED) is 0.291. The molecule has 0 atom stereocenters. The van der Waals surface area contributed by atoms with Crippen molar-refractivity contribution in [1.29, 1.82) is 0 Å². The van der Waals surface area contributed by atoms with Gasteiger partial charge < -0.3 is 15.4 Å². The van der Waals surface area contributed by atoms with E-state index in [0.29, 0.717) is 30.6 Å². The van der Waals surface area contributed by atoms with Crippen LogP contribution in [0.25, 0.3) is 0 Å². The van der Waals surface area contributed by atoms with Crippen molar-refractivity contribution >= 4 is 46.7 Å². The summed E-state index contributed by atoms with van der Waals surface area (Å²) in [6.07, 6.45) is 1.31. The van der Waals surface area contributed by atoms with E-state index in [-0.39, 0.29) is 34.5 Å².